The maximum Gasteiger partial charge on any atom is 0.119 e. The average molecular weight is 1300 g/mol. The van der Waals surface area contributed by atoms with Crippen LogP contribution in [-0.2, 0) is 0 Å². The second kappa shape index (κ2) is 26.6. The monoisotopic (exact) mass is 1290 g/mol. The van der Waals surface area contributed by atoms with Crippen molar-refractivity contribution in [3.63, 3.8) is 0 Å². The van der Waals surface area contributed by atoms with E-state index in [2.05, 4.69) is 199 Å². The minimum absolute atomic E-state index is 0.0357. The fourth-order valence-electron chi connectivity index (χ4n) is 14.0. The first-order valence-corrected chi connectivity index (χ1v) is 32.7. The van der Waals surface area contributed by atoms with E-state index in [1.807, 2.05) is 97.1 Å². The number of aromatic nitrogens is 2. The molecule has 14 nitrogen and oxygen atoms in total. The fraction of sp³-hybridized carbons (Fsp3) is 0.143. The molecule has 0 saturated heterocycles. The van der Waals surface area contributed by atoms with Gasteiger partial charge >= 0.3 is 0 Å². The Balaban J connectivity index is 0.945. The van der Waals surface area contributed by atoms with E-state index < -0.39 is 0 Å². The number of hydrogen-bond donors (Lipinski definition) is 0. The minimum Gasteiger partial charge on any atom is -0.497 e. The van der Waals surface area contributed by atoms with Gasteiger partial charge in [0.2, 0.25) is 0 Å². The molecule has 14 heteroatoms. The zero-order valence-corrected chi connectivity index (χ0v) is 55.9. The molecular formula is C84H74N6O8. The molecule has 0 radical (unpaired) electrons. The highest BCUT2D eigenvalue weighted by Gasteiger charge is 2.38. The predicted octanol–water partition coefficient (Wildman–Crippen LogP) is 21.4. The molecule has 0 spiro atoms. The lowest BCUT2D eigenvalue weighted by atomic mass is 9.85. The van der Waals surface area contributed by atoms with Gasteiger partial charge in [-0.1, -0.05) is 0 Å². The number of fused-ring (bicyclic) bond motifs is 6. The number of methoxy groups -OCH3 is 8. The van der Waals surface area contributed by atoms with E-state index in [0.717, 1.165) is 171 Å². The highest BCUT2D eigenvalue weighted by atomic mass is 16.5. The van der Waals surface area contributed by atoms with Gasteiger partial charge in [-0.05, 0) is 280 Å². The molecular weight excluding hydrogens is 1220 g/mol. The van der Waals surface area contributed by atoms with Gasteiger partial charge in [-0.3, -0.25) is 0 Å². The molecule has 0 amide bonds. The maximum absolute atomic E-state index is 5.69. The van der Waals surface area contributed by atoms with Crippen molar-refractivity contribution < 1.29 is 37.9 Å². The van der Waals surface area contributed by atoms with E-state index >= 15 is 0 Å². The largest absolute Gasteiger partial charge is 0.497 e. The summed E-state index contributed by atoms with van der Waals surface area (Å²) >= 11 is 0. The molecule has 1 aliphatic carbocycles. The molecule has 1 fully saturated rings. The quantitative estimate of drug-likeness (QED) is 0.0646. The number of rotatable bonds is 22. The SMILES string of the molecule is COc1ccc(N(c2ccc(OC)cc2)c2ccc3c(c2)c2cc(N(c4ccc(OC)cc4)c4ccc(OC)cc4)ccc2n3C2CCC2n2c3ccc(N(c4ccc(OC)cc4)c4ccc(OC)cc4)cc3c3cc(N(c4ccc(OC)cc4)c4ccc(OC)cc4)ccc32)cc1. The number of benzene rings is 12. The summed E-state index contributed by atoms with van der Waals surface area (Å²) in [6.45, 7) is 0. The Bertz CT molecular complexity index is 4310. The third-order valence-electron chi connectivity index (χ3n) is 19.1. The van der Waals surface area contributed by atoms with E-state index in [9.17, 15) is 0 Å². The lowest BCUT2D eigenvalue weighted by Crippen LogP contribution is -2.31. The zero-order valence-electron chi connectivity index (χ0n) is 55.9. The fourth-order valence-corrected chi connectivity index (χ4v) is 14.0. The van der Waals surface area contributed by atoms with Crippen molar-refractivity contribution in [2.45, 2.75) is 24.9 Å². The van der Waals surface area contributed by atoms with Crippen LogP contribution in [0.15, 0.2) is 267 Å². The first-order chi connectivity index (χ1) is 48.2. The third-order valence-corrected chi connectivity index (χ3v) is 19.1. The standard InChI is InChI=1S/C84H74N6O8/c1-91-67-29-9-55(10-30-67)85(56-11-31-68(92-2)32-12-56)63-25-45-79-75(51-63)76-52-64(86(57-13-33-69(93-3)34-14-57)58-15-35-70(94-4)36-16-58)26-46-80(76)89(79)83-49-50-84(83)90-81-47-27-65(87(59-17-37-71(95-5)38-18-59)60-19-39-72(96-6)40-20-60)53-77(81)78-54-66(28-48-82(78)90)88(61-21-41-73(97-7)42-22-61)62-23-43-74(98-8)44-24-62/h9-48,51-54,83-84H,49-50H2,1-8H3. The zero-order chi connectivity index (χ0) is 67.0. The summed E-state index contributed by atoms with van der Waals surface area (Å²) in [4.78, 5) is 9.20. The molecule has 15 rings (SSSR count). The van der Waals surface area contributed by atoms with Crippen LogP contribution >= 0.6 is 0 Å². The molecule has 1 aliphatic rings. The third kappa shape index (κ3) is 11.4. The maximum atomic E-state index is 5.69. The van der Waals surface area contributed by atoms with Crippen molar-refractivity contribution in [3.8, 4) is 46.0 Å². The van der Waals surface area contributed by atoms with E-state index in [4.69, 9.17) is 37.9 Å². The molecule has 2 unspecified atom stereocenters. The normalized spacial score (nSPS) is 13.4. The van der Waals surface area contributed by atoms with Gasteiger partial charge in [0.1, 0.15) is 46.0 Å². The summed E-state index contributed by atoms with van der Waals surface area (Å²) in [6.07, 6.45) is 1.90. The number of ether oxygens (including phenoxy) is 8. The van der Waals surface area contributed by atoms with Gasteiger partial charge in [0, 0.05) is 112 Å². The molecule has 0 aliphatic heterocycles. The highest BCUT2D eigenvalue weighted by Crippen LogP contribution is 2.53. The van der Waals surface area contributed by atoms with Crippen molar-refractivity contribution in [1.82, 2.24) is 9.13 Å². The van der Waals surface area contributed by atoms with Crippen LogP contribution in [0.3, 0.4) is 0 Å². The molecule has 98 heavy (non-hydrogen) atoms. The second-order valence-corrected chi connectivity index (χ2v) is 24.2. The molecule has 14 aromatic rings. The number of hydrogen-bond acceptors (Lipinski definition) is 12. The van der Waals surface area contributed by atoms with Crippen LogP contribution < -0.4 is 57.5 Å². The highest BCUT2D eigenvalue weighted by molar-refractivity contribution is 6.13. The number of nitrogens with zero attached hydrogens (tertiary/aromatic N) is 6. The van der Waals surface area contributed by atoms with E-state index in [1.54, 1.807) is 56.9 Å². The number of anilines is 12. The average Bonchev–Trinajstić information content (AvgIpc) is 1.55. The van der Waals surface area contributed by atoms with Crippen molar-refractivity contribution in [2.75, 3.05) is 76.5 Å². The Hall–Kier alpha value is -12.2. The Labute approximate surface area is 570 Å². The molecule has 2 atom stereocenters. The predicted molar refractivity (Wildman–Crippen MR) is 397 cm³/mol. The van der Waals surface area contributed by atoms with Crippen molar-refractivity contribution in [2.24, 2.45) is 0 Å². The van der Waals surface area contributed by atoms with Crippen LogP contribution in [0, 0.1) is 0 Å². The van der Waals surface area contributed by atoms with Crippen LogP contribution in [0.1, 0.15) is 24.9 Å². The van der Waals surface area contributed by atoms with Crippen LogP contribution in [-0.4, -0.2) is 66.0 Å². The van der Waals surface area contributed by atoms with Crippen molar-refractivity contribution >= 4 is 112 Å². The molecule has 2 heterocycles. The molecule has 2 aromatic heterocycles. The van der Waals surface area contributed by atoms with Gasteiger partial charge in [-0.25, -0.2) is 0 Å². The summed E-state index contributed by atoms with van der Waals surface area (Å²) in [6, 6.07) is 93.8. The Morgan fingerprint density at radius 1 is 0.204 bits per heavy atom. The van der Waals surface area contributed by atoms with Gasteiger partial charge in [-0.2, -0.15) is 0 Å². The van der Waals surface area contributed by atoms with Crippen LogP contribution in [0.5, 0.6) is 46.0 Å². The van der Waals surface area contributed by atoms with Gasteiger partial charge in [0.05, 0.1) is 69.0 Å². The van der Waals surface area contributed by atoms with E-state index in [1.165, 1.54) is 0 Å². The summed E-state index contributed by atoms with van der Waals surface area (Å²) in [5, 5.41) is 4.47. The Morgan fingerprint density at radius 3 is 0.480 bits per heavy atom. The summed E-state index contributed by atoms with van der Waals surface area (Å²) in [5.74, 6) is 6.22. The summed E-state index contributed by atoms with van der Waals surface area (Å²) in [7, 11) is 13.6. The van der Waals surface area contributed by atoms with Crippen LogP contribution in [0.4, 0.5) is 68.2 Å². The van der Waals surface area contributed by atoms with Crippen molar-refractivity contribution in [3.05, 3.63) is 267 Å². The van der Waals surface area contributed by atoms with Gasteiger partial charge in [-0.15, -0.1) is 0 Å². The Morgan fingerprint density at radius 2 is 0.347 bits per heavy atom. The first-order valence-electron chi connectivity index (χ1n) is 32.7. The van der Waals surface area contributed by atoms with Crippen LogP contribution in [0.25, 0.3) is 43.6 Å². The van der Waals surface area contributed by atoms with Gasteiger partial charge < -0.3 is 66.6 Å². The van der Waals surface area contributed by atoms with Gasteiger partial charge in [0.25, 0.3) is 0 Å². The lowest BCUT2D eigenvalue weighted by Gasteiger charge is -2.41. The molecule has 488 valence electrons. The summed E-state index contributed by atoms with van der Waals surface area (Å²) < 4.78 is 50.8. The molecule has 0 N–H and O–H groups in total. The summed E-state index contributed by atoms with van der Waals surface area (Å²) in [5.41, 5.74) is 16.4. The molecule has 0 bridgehead atoms. The van der Waals surface area contributed by atoms with E-state index in [-0.39, 0.29) is 12.1 Å². The molecule has 12 aromatic carbocycles. The minimum atomic E-state index is 0.0357. The van der Waals surface area contributed by atoms with E-state index in [0.29, 0.717) is 0 Å². The Kier molecular flexibility index (Phi) is 16.8. The second-order valence-electron chi connectivity index (χ2n) is 24.2. The lowest BCUT2D eigenvalue weighted by molar-refractivity contribution is 0.205. The smallest absolute Gasteiger partial charge is 0.119 e. The van der Waals surface area contributed by atoms with Crippen LogP contribution in [0.2, 0.25) is 0 Å². The first kappa shape index (κ1) is 62.0. The van der Waals surface area contributed by atoms with Gasteiger partial charge in [0.15, 0.2) is 0 Å². The van der Waals surface area contributed by atoms with Crippen molar-refractivity contribution in [1.29, 1.82) is 0 Å². The topological polar surface area (TPSA) is 96.7 Å². The molecule has 1 saturated carbocycles.